The molecule has 148 valence electrons. The topological polar surface area (TPSA) is 38.1 Å². The van der Waals surface area contributed by atoms with Gasteiger partial charge in [-0.05, 0) is 48.7 Å². The van der Waals surface area contributed by atoms with E-state index in [2.05, 4.69) is 87.7 Å². The van der Waals surface area contributed by atoms with Gasteiger partial charge in [-0.1, -0.05) is 64.5 Å². The second-order valence-electron chi connectivity index (χ2n) is 7.80. The number of benzene rings is 3. The Kier molecular flexibility index (Phi) is 4.39. The lowest BCUT2D eigenvalue weighted by Gasteiger charge is -2.13. The maximum Gasteiger partial charge on any atom is 0.0968 e. The number of hydrogen-bond donors (Lipinski definition) is 0. The van der Waals surface area contributed by atoms with Crippen LogP contribution in [0.2, 0.25) is 0 Å². The fraction of sp³-hybridized carbons (Fsp3) is 0.0741. The van der Waals surface area contributed by atoms with Gasteiger partial charge in [0.25, 0.3) is 0 Å². The Morgan fingerprint density at radius 1 is 0.677 bits per heavy atom. The highest BCUT2D eigenvalue weighted by Crippen LogP contribution is 2.34. The molecule has 3 aromatic carbocycles. The smallest absolute Gasteiger partial charge is 0.0968 e. The van der Waals surface area contributed by atoms with Crippen molar-refractivity contribution in [2.75, 3.05) is 0 Å². The molecule has 3 heterocycles. The van der Waals surface area contributed by atoms with E-state index < -0.39 is 0 Å². The highest BCUT2D eigenvalue weighted by molar-refractivity contribution is 9.10. The normalized spacial score (nSPS) is 12.9. The van der Waals surface area contributed by atoms with E-state index in [1.54, 1.807) is 0 Å². The number of aryl methyl sites for hydroxylation is 1. The summed E-state index contributed by atoms with van der Waals surface area (Å²) < 4.78 is 1.06. The van der Waals surface area contributed by atoms with Crippen molar-refractivity contribution in [2.24, 2.45) is 4.99 Å². The van der Waals surface area contributed by atoms with Crippen LogP contribution in [0.5, 0.6) is 0 Å². The first-order chi connectivity index (χ1) is 15.2. The zero-order valence-corrected chi connectivity index (χ0v) is 18.3. The van der Waals surface area contributed by atoms with Crippen molar-refractivity contribution in [2.45, 2.75) is 12.8 Å². The monoisotopic (exact) mass is 463 g/mol. The third-order valence-corrected chi connectivity index (χ3v) is 6.30. The average Bonchev–Trinajstić information content (AvgIpc) is 2.83. The molecular formula is C27H18BrN3. The van der Waals surface area contributed by atoms with Gasteiger partial charge in [0, 0.05) is 32.6 Å². The van der Waals surface area contributed by atoms with Gasteiger partial charge in [0.05, 0.1) is 28.1 Å². The summed E-state index contributed by atoms with van der Waals surface area (Å²) in [5, 5.41) is 2.26. The molecule has 31 heavy (non-hydrogen) atoms. The van der Waals surface area contributed by atoms with E-state index in [9.17, 15) is 0 Å². The van der Waals surface area contributed by atoms with Gasteiger partial charge in [-0.25, -0.2) is 9.97 Å². The summed E-state index contributed by atoms with van der Waals surface area (Å²) in [6.07, 6.45) is 4.03. The first-order valence-electron chi connectivity index (χ1n) is 10.4. The predicted molar refractivity (Wildman–Crippen MR) is 132 cm³/mol. The van der Waals surface area contributed by atoms with E-state index in [4.69, 9.17) is 9.97 Å². The molecular weight excluding hydrogens is 446 g/mol. The Balaban J connectivity index is 1.38. The van der Waals surface area contributed by atoms with Crippen LogP contribution in [0.1, 0.15) is 12.0 Å². The molecule has 1 aliphatic heterocycles. The van der Waals surface area contributed by atoms with Crippen LogP contribution >= 0.6 is 15.9 Å². The van der Waals surface area contributed by atoms with Crippen LogP contribution in [0.25, 0.3) is 44.3 Å². The van der Waals surface area contributed by atoms with Crippen LogP contribution < -0.4 is 0 Å². The zero-order chi connectivity index (χ0) is 20.8. The van der Waals surface area contributed by atoms with E-state index in [-0.39, 0.29) is 0 Å². The van der Waals surface area contributed by atoms with E-state index in [1.807, 2.05) is 18.3 Å². The molecule has 2 aromatic heterocycles. The van der Waals surface area contributed by atoms with Crippen molar-refractivity contribution in [1.29, 1.82) is 0 Å². The van der Waals surface area contributed by atoms with Gasteiger partial charge in [0.1, 0.15) is 0 Å². The molecule has 0 aliphatic carbocycles. The Morgan fingerprint density at radius 3 is 2.19 bits per heavy atom. The van der Waals surface area contributed by atoms with Crippen molar-refractivity contribution < 1.29 is 0 Å². The average molecular weight is 464 g/mol. The first kappa shape index (κ1) is 18.4. The molecule has 0 spiro atoms. The molecule has 0 saturated heterocycles. The summed E-state index contributed by atoms with van der Waals surface area (Å²) in [5.41, 5.74) is 8.40. The van der Waals surface area contributed by atoms with Gasteiger partial charge in [-0.15, -0.1) is 0 Å². The predicted octanol–water partition coefficient (Wildman–Crippen LogP) is 7.53. The number of aromatic nitrogens is 2. The van der Waals surface area contributed by atoms with Gasteiger partial charge in [-0.2, -0.15) is 0 Å². The van der Waals surface area contributed by atoms with Crippen molar-refractivity contribution >= 4 is 49.6 Å². The largest absolute Gasteiger partial charge is 0.259 e. The van der Waals surface area contributed by atoms with Crippen molar-refractivity contribution in [3.05, 3.63) is 88.9 Å². The molecule has 0 saturated carbocycles. The number of halogens is 1. The van der Waals surface area contributed by atoms with Gasteiger partial charge < -0.3 is 0 Å². The third kappa shape index (κ3) is 3.33. The molecule has 1 aliphatic rings. The minimum Gasteiger partial charge on any atom is -0.259 e. The summed E-state index contributed by atoms with van der Waals surface area (Å²) in [4.78, 5) is 14.4. The van der Waals surface area contributed by atoms with E-state index >= 15 is 0 Å². The number of nitrogens with zero attached hydrogens (tertiary/aromatic N) is 3. The van der Waals surface area contributed by atoms with Crippen molar-refractivity contribution in [3.63, 3.8) is 0 Å². The fourth-order valence-corrected chi connectivity index (χ4v) is 4.55. The quantitative estimate of drug-likeness (QED) is 0.271. The highest BCUT2D eigenvalue weighted by atomic mass is 79.9. The molecule has 4 heteroatoms. The van der Waals surface area contributed by atoms with Gasteiger partial charge >= 0.3 is 0 Å². The molecule has 0 bridgehead atoms. The zero-order valence-electron chi connectivity index (χ0n) is 16.7. The number of rotatable bonds is 2. The van der Waals surface area contributed by atoms with Crippen LogP contribution in [0.3, 0.4) is 0 Å². The van der Waals surface area contributed by atoms with E-state index in [0.29, 0.717) is 0 Å². The molecule has 0 amide bonds. The van der Waals surface area contributed by atoms with Gasteiger partial charge in [0.2, 0.25) is 0 Å². The number of pyridine rings is 2. The summed E-state index contributed by atoms with van der Waals surface area (Å²) in [6.45, 7) is 0. The molecule has 6 rings (SSSR count). The second kappa shape index (κ2) is 7.40. The molecule has 0 unspecified atom stereocenters. The van der Waals surface area contributed by atoms with Crippen LogP contribution in [-0.4, -0.2) is 16.2 Å². The highest BCUT2D eigenvalue weighted by Gasteiger charge is 2.12. The Bertz CT molecular complexity index is 1490. The molecule has 0 radical (unpaired) electrons. The fourth-order valence-electron chi connectivity index (χ4n) is 4.17. The summed E-state index contributed by atoms with van der Waals surface area (Å²) in [5.74, 6) is 0. The summed E-state index contributed by atoms with van der Waals surface area (Å²) >= 11 is 3.52. The standard InChI is InChI=1S/C27H18BrN3/c28-22-11-14-25-21(16-22)10-13-23(30-25)17-3-5-18(6-4-17)24-12-9-20-8-7-19-2-1-15-29-26(19)27(20)31-24/h3-16H,1-2H2. The van der Waals surface area contributed by atoms with E-state index in [1.165, 1.54) is 5.56 Å². The van der Waals surface area contributed by atoms with Crippen LogP contribution in [0.4, 0.5) is 5.69 Å². The Hall–Kier alpha value is -3.37. The maximum atomic E-state index is 4.98. The van der Waals surface area contributed by atoms with Gasteiger partial charge in [0.15, 0.2) is 0 Å². The molecule has 0 N–H and O–H groups in total. The lowest BCUT2D eigenvalue weighted by Crippen LogP contribution is -1.96. The van der Waals surface area contributed by atoms with Crippen LogP contribution in [0.15, 0.2) is 88.3 Å². The number of fused-ring (bicyclic) bond motifs is 4. The maximum absolute atomic E-state index is 4.98. The first-order valence-corrected chi connectivity index (χ1v) is 11.2. The lowest BCUT2D eigenvalue weighted by molar-refractivity contribution is 1.03. The van der Waals surface area contributed by atoms with Crippen molar-refractivity contribution in [1.82, 2.24) is 9.97 Å². The minimum atomic E-state index is 0.963. The SMILES string of the molecule is Brc1ccc2nc(-c3ccc(-c4ccc5ccc6c(c5n4)N=CCC6)cc3)ccc2c1. The van der Waals surface area contributed by atoms with Crippen LogP contribution in [0, 0.1) is 0 Å². The third-order valence-electron chi connectivity index (χ3n) is 5.81. The van der Waals surface area contributed by atoms with Gasteiger partial charge in [-0.3, -0.25) is 4.99 Å². The summed E-state index contributed by atoms with van der Waals surface area (Å²) in [7, 11) is 0. The second-order valence-corrected chi connectivity index (χ2v) is 8.72. The Morgan fingerprint density at radius 2 is 1.39 bits per heavy atom. The number of hydrogen-bond acceptors (Lipinski definition) is 3. The van der Waals surface area contributed by atoms with Crippen LogP contribution in [-0.2, 0) is 6.42 Å². The molecule has 0 atom stereocenters. The number of aliphatic imine (C=N–C) groups is 1. The molecule has 5 aromatic rings. The molecule has 0 fully saturated rings. The molecule has 3 nitrogen and oxygen atoms in total. The Labute approximate surface area is 188 Å². The minimum absolute atomic E-state index is 0.963. The summed E-state index contributed by atoms with van der Waals surface area (Å²) in [6, 6.07) is 27.4. The van der Waals surface area contributed by atoms with E-state index in [0.717, 1.165) is 67.3 Å². The van der Waals surface area contributed by atoms with Crippen molar-refractivity contribution in [3.8, 4) is 22.5 Å². The lowest BCUT2D eigenvalue weighted by atomic mass is 10.0.